The van der Waals surface area contributed by atoms with Gasteiger partial charge in [0, 0.05) is 58.4 Å². The van der Waals surface area contributed by atoms with Crippen molar-refractivity contribution in [2.24, 2.45) is 0 Å². The summed E-state index contributed by atoms with van der Waals surface area (Å²) >= 11 is 0. The van der Waals surface area contributed by atoms with E-state index in [1.165, 1.54) is 65.4 Å². The maximum atomic E-state index is 3.36. The largest absolute Gasteiger partial charge is 0.314 e. The van der Waals surface area contributed by atoms with E-state index >= 15 is 0 Å². The first-order valence-electron chi connectivity index (χ1n) is 7.23. The normalized spacial score (nSPS) is 24.2. The third-order valence-electron chi connectivity index (χ3n) is 4.31. The van der Waals surface area contributed by atoms with Gasteiger partial charge in [0.1, 0.15) is 0 Å². The summed E-state index contributed by atoms with van der Waals surface area (Å²) in [5, 5.41) is 3.36. The Balaban J connectivity index is 1.61. The molecule has 0 amide bonds. The molecule has 0 aliphatic carbocycles. The van der Waals surface area contributed by atoms with Gasteiger partial charge in [0.05, 0.1) is 0 Å². The Morgan fingerprint density at radius 3 is 2.18 bits per heavy atom. The summed E-state index contributed by atoms with van der Waals surface area (Å²) in [6, 6.07) is 0.833. The van der Waals surface area contributed by atoms with Crippen LogP contribution in [0.15, 0.2) is 0 Å². The molecule has 2 aliphatic rings. The Bertz CT molecular complexity index is 205. The van der Waals surface area contributed by atoms with E-state index in [1.807, 2.05) is 0 Å². The quantitative estimate of drug-likeness (QED) is 0.701. The number of hydrogen-bond acceptors (Lipinski definition) is 4. The molecule has 2 aliphatic heterocycles. The summed E-state index contributed by atoms with van der Waals surface area (Å²) in [6.45, 7) is 16.8. The van der Waals surface area contributed by atoms with Crippen molar-refractivity contribution < 1.29 is 0 Å². The molecule has 0 radical (unpaired) electrons. The molecule has 2 saturated heterocycles. The van der Waals surface area contributed by atoms with Crippen LogP contribution in [0.1, 0.15) is 13.8 Å². The number of nitrogens with one attached hydrogen (secondary N) is 1. The van der Waals surface area contributed by atoms with E-state index in [4.69, 9.17) is 0 Å². The van der Waals surface area contributed by atoms with Crippen LogP contribution in [0.4, 0.5) is 0 Å². The van der Waals surface area contributed by atoms with Crippen molar-refractivity contribution in [2.45, 2.75) is 19.9 Å². The van der Waals surface area contributed by atoms with Crippen LogP contribution in [-0.4, -0.2) is 86.2 Å². The highest BCUT2D eigenvalue weighted by Gasteiger charge is 2.27. The summed E-state index contributed by atoms with van der Waals surface area (Å²) in [7, 11) is 0. The third kappa shape index (κ3) is 3.65. The number of hydrogen-bond donors (Lipinski definition) is 1. The van der Waals surface area contributed by atoms with Crippen molar-refractivity contribution in [1.29, 1.82) is 0 Å². The summed E-state index contributed by atoms with van der Waals surface area (Å²) in [6.07, 6.45) is 0. The second kappa shape index (κ2) is 6.69. The molecule has 0 atom stereocenters. The van der Waals surface area contributed by atoms with Gasteiger partial charge >= 0.3 is 0 Å². The summed E-state index contributed by atoms with van der Waals surface area (Å²) in [4.78, 5) is 7.80. The van der Waals surface area contributed by atoms with Crippen LogP contribution in [0.2, 0.25) is 0 Å². The number of nitrogens with zero attached hydrogens (tertiary/aromatic N) is 3. The highest BCUT2D eigenvalue weighted by atomic mass is 15.3. The molecule has 0 bridgehead atoms. The monoisotopic (exact) mass is 240 g/mol. The maximum Gasteiger partial charge on any atom is 0.0346 e. The highest BCUT2D eigenvalue weighted by molar-refractivity contribution is 4.87. The van der Waals surface area contributed by atoms with E-state index in [9.17, 15) is 0 Å². The molecular formula is C13H28N4. The van der Waals surface area contributed by atoms with E-state index in [0.717, 1.165) is 6.04 Å². The molecule has 0 aromatic heterocycles. The van der Waals surface area contributed by atoms with Crippen molar-refractivity contribution in [2.75, 3.05) is 65.4 Å². The van der Waals surface area contributed by atoms with Gasteiger partial charge in [0.25, 0.3) is 0 Å². The number of likely N-dealkylation sites (N-methyl/N-ethyl adjacent to an activating group) is 1. The second-order valence-corrected chi connectivity index (χ2v) is 5.22. The maximum absolute atomic E-state index is 3.36. The van der Waals surface area contributed by atoms with Gasteiger partial charge in [-0.25, -0.2) is 0 Å². The molecule has 4 heteroatoms. The van der Waals surface area contributed by atoms with Gasteiger partial charge in [-0.1, -0.05) is 13.8 Å². The van der Waals surface area contributed by atoms with Crippen molar-refractivity contribution in [3.63, 3.8) is 0 Å². The lowest BCUT2D eigenvalue weighted by Crippen LogP contribution is -2.61. The molecule has 2 heterocycles. The van der Waals surface area contributed by atoms with Gasteiger partial charge < -0.3 is 10.2 Å². The van der Waals surface area contributed by atoms with Gasteiger partial charge in [-0.15, -0.1) is 0 Å². The molecule has 0 aromatic rings. The molecule has 1 N–H and O–H groups in total. The van der Waals surface area contributed by atoms with Gasteiger partial charge in [0.2, 0.25) is 0 Å². The Hall–Kier alpha value is -0.160. The first-order valence-corrected chi connectivity index (χ1v) is 7.23. The predicted molar refractivity (Wildman–Crippen MR) is 72.5 cm³/mol. The first-order chi connectivity index (χ1) is 8.33. The van der Waals surface area contributed by atoms with Gasteiger partial charge in [0.15, 0.2) is 0 Å². The average molecular weight is 240 g/mol. The lowest BCUT2D eigenvalue weighted by atomic mass is 10.1. The lowest BCUT2D eigenvalue weighted by molar-refractivity contribution is 0.0681. The summed E-state index contributed by atoms with van der Waals surface area (Å²) < 4.78 is 0. The van der Waals surface area contributed by atoms with Crippen molar-refractivity contribution >= 4 is 0 Å². The molecule has 2 fully saturated rings. The number of rotatable bonds is 6. The van der Waals surface area contributed by atoms with Crippen LogP contribution in [0.5, 0.6) is 0 Å². The van der Waals surface area contributed by atoms with Crippen LogP contribution >= 0.6 is 0 Å². The predicted octanol–water partition coefficient (Wildman–Crippen LogP) is -0.0824. The number of piperazine rings is 1. The zero-order valence-electron chi connectivity index (χ0n) is 11.5. The van der Waals surface area contributed by atoms with E-state index in [-0.39, 0.29) is 0 Å². The molecule has 17 heavy (non-hydrogen) atoms. The summed E-state index contributed by atoms with van der Waals surface area (Å²) in [5.74, 6) is 0. The Labute approximate surface area is 106 Å². The Morgan fingerprint density at radius 1 is 1.06 bits per heavy atom. The smallest absolute Gasteiger partial charge is 0.0346 e. The van der Waals surface area contributed by atoms with Crippen molar-refractivity contribution in [1.82, 2.24) is 20.0 Å². The zero-order valence-corrected chi connectivity index (χ0v) is 11.5. The highest BCUT2D eigenvalue weighted by Crippen LogP contribution is 2.09. The van der Waals surface area contributed by atoms with Crippen LogP contribution < -0.4 is 5.32 Å². The minimum atomic E-state index is 0.833. The molecule has 0 saturated carbocycles. The zero-order chi connectivity index (χ0) is 12.1. The van der Waals surface area contributed by atoms with Crippen molar-refractivity contribution in [3.05, 3.63) is 0 Å². The van der Waals surface area contributed by atoms with Crippen LogP contribution in [0, 0.1) is 0 Å². The fraction of sp³-hybridized carbons (Fsp3) is 1.00. The third-order valence-corrected chi connectivity index (χ3v) is 4.31. The molecule has 2 rings (SSSR count). The first kappa shape index (κ1) is 13.3. The van der Waals surface area contributed by atoms with E-state index in [0.29, 0.717) is 0 Å². The standard InChI is InChI=1S/C13H28N4/c1-3-15(4-2)5-6-16-7-9-17(10-8-16)13-11-14-12-13/h13-14H,3-12H2,1-2H3. The molecule has 0 aromatic carbocycles. The van der Waals surface area contributed by atoms with Gasteiger partial charge in [-0.2, -0.15) is 0 Å². The van der Waals surface area contributed by atoms with E-state index in [2.05, 4.69) is 33.9 Å². The fourth-order valence-corrected chi connectivity index (χ4v) is 2.71. The fourth-order valence-electron chi connectivity index (χ4n) is 2.71. The summed E-state index contributed by atoms with van der Waals surface area (Å²) in [5.41, 5.74) is 0. The Morgan fingerprint density at radius 2 is 1.71 bits per heavy atom. The minimum absolute atomic E-state index is 0.833. The lowest BCUT2D eigenvalue weighted by Gasteiger charge is -2.43. The molecule has 0 spiro atoms. The van der Waals surface area contributed by atoms with Crippen LogP contribution in [0.3, 0.4) is 0 Å². The average Bonchev–Trinajstić information content (AvgIpc) is 2.30. The van der Waals surface area contributed by atoms with E-state index in [1.54, 1.807) is 0 Å². The van der Waals surface area contributed by atoms with Crippen LogP contribution in [-0.2, 0) is 0 Å². The SMILES string of the molecule is CCN(CC)CCN1CCN(C2CNC2)CC1. The second-order valence-electron chi connectivity index (χ2n) is 5.22. The van der Waals surface area contributed by atoms with Crippen molar-refractivity contribution in [3.8, 4) is 0 Å². The Kier molecular flexibility index (Phi) is 5.22. The minimum Gasteiger partial charge on any atom is -0.314 e. The molecule has 100 valence electrons. The van der Waals surface area contributed by atoms with Gasteiger partial charge in [-0.3, -0.25) is 9.80 Å². The molecular weight excluding hydrogens is 212 g/mol. The molecule has 4 nitrogen and oxygen atoms in total. The molecule has 0 unspecified atom stereocenters. The topological polar surface area (TPSA) is 21.8 Å². The van der Waals surface area contributed by atoms with E-state index < -0.39 is 0 Å². The van der Waals surface area contributed by atoms with Crippen LogP contribution in [0.25, 0.3) is 0 Å². The van der Waals surface area contributed by atoms with Gasteiger partial charge in [-0.05, 0) is 13.1 Å².